The molecule has 6 heteroatoms. The fourth-order valence-electron chi connectivity index (χ4n) is 5.77. The molecule has 0 unspecified atom stereocenters. The van der Waals surface area contributed by atoms with Crippen LogP contribution in [0.25, 0.3) is 0 Å². The molecule has 2 amide bonds. The number of rotatable bonds is 13. The summed E-state index contributed by atoms with van der Waals surface area (Å²) in [5.41, 5.74) is 0. The van der Waals surface area contributed by atoms with E-state index in [4.69, 9.17) is 0 Å². The van der Waals surface area contributed by atoms with Gasteiger partial charge in [-0.3, -0.25) is 9.59 Å². The zero-order chi connectivity index (χ0) is 24.9. The van der Waals surface area contributed by atoms with Crippen molar-refractivity contribution in [1.82, 2.24) is 9.80 Å². The number of carbonyl (C=O) groups excluding carboxylic acids is 2. The van der Waals surface area contributed by atoms with E-state index in [0.717, 1.165) is 60.8 Å². The summed E-state index contributed by atoms with van der Waals surface area (Å²) in [7, 11) is 8.59. The summed E-state index contributed by atoms with van der Waals surface area (Å²) in [6.07, 6.45) is 16.4. The third kappa shape index (κ3) is 11.1. The van der Waals surface area contributed by atoms with Crippen molar-refractivity contribution in [2.75, 3.05) is 80.5 Å². The molecule has 0 radical (unpaired) electrons. The number of hydrogen-bond donors (Lipinski definition) is 0. The Labute approximate surface area is 210 Å². The molecule has 6 nitrogen and oxygen atoms in total. The third-order valence-corrected chi connectivity index (χ3v) is 8.61. The molecule has 0 aliphatic carbocycles. The van der Waals surface area contributed by atoms with E-state index in [1.54, 1.807) is 0 Å². The molecule has 0 aromatic heterocycles. The molecule has 2 aliphatic heterocycles. The maximum atomic E-state index is 12.6. The molecule has 2 heterocycles. The number of nitrogens with zero attached hydrogens (tertiary/aromatic N) is 4. The van der Waals surface area contributed by atoms with Crippen LogP contribution in [0.4, 0.5) is 0 Å². The lowest BCUT2D eigenvalue weighted by atomic mass is 10.1. The van der Waals surface area contributed by atoms with Crippen LogP contribution in [0, 0.1) is 0 Å². The Morgan fingerprint density at radius 1 is 0.559 bits per heavy atom. The highest BCUT2D eigenvalue weighted by molar-refractivity contribution is 5.76. The molecule has 0 saturated carbocycles. The highest BCUT2D eigenvalue weighted by Gasteiger charge is 2.26. The van der Waals surface area contributed by atoms with Gasteiger partial charge in [0.1, 0.15) is 0 Å². The van der Waals surface area contributed by atoms with Crippen molar-refractivity contribution < 1.29 is 18.6 Å². The Hall–Kier alpha value is -1.14. The first-order valence-electron chi connectivity index (χ1n) is 14.4. The van der Waals surface area contributed by atoms with Crippen molar-refractivity contribution in [3.8, 4) is 0 Å². The molecule has 34 heavy (non-hydrogen) atoms. The van der Waals surface area contributed by atoms with Gasteiger partial charge in [-0.2, -0.15) is 0 Å². The zero-order valence-electron chi connectivity index (χ0n) is 23.2. The quantitative estimate of drug-likeness (QED) is 0.292. The van der Waals surface area contributed by atoms with E-state index >= 15 is 0 Å². The lowest BCUT2D eigenvalue weighted by Crippen LogP contribution is -2.47. The van der Waals surface area contributed by atoms with Crippen molar-refractivity contribution in [2.45, 2.75) is 89.9 Å². The normalized spacial score (nSPS) is 20.2. The number of hydrogen-bond acceptors (Lipinski definition) is 2. The largest absolute Gasteiger partial charge is 0.346 e. The average molecular weight is 481 g/mol. The van der Waals surface area contributed by atoms with E-state index in [1.165, 1.54) is 77.5 Å². The smallest absolute Gasteiger partial charge is 0.227 e. The minimum atomic E-state index is 0.301. The average Bonchev–Trinajstić information content (AvgIpc) is 3.18. The molecular formula is C28H56N4O2+2. The highest BCUT2D eigenvalue weighted by atomic mass is 16.2. The molecule has 0 N–H and O–H groups in total. The van der Waals surface area contributed by atoms with E-state index in [2.05, 4.69) is 14.1 Å². The fourth-order valence-corrected chi connectivity index (χ4v) is 5.77. The summed E-state index contributed by atoms with van der Waals surface area (Å²) in [5.74, 6) is 0.601. The maximum absolute atomic E-state index is 12.6. The Bertz CT molecular complexity index is 541. The molecular weight excluding hydrogens is 424 g/mol. The van der Waals surface area contributed by atoms with Gasteiger partial charge in [-0.25, -0.2) is 0 Å². The molecule has 0 aromatic carbocycles. The number of unbranched alkanes of at least 4 members (excludes halogenated alkanes) is 3. The van der Waals surface area contributed by atoms with E-state index in [0.29, 0.717) is 24.7 Å². The Morgan fingerprint density at radius 3 is 1.21 bits per heavy atom. The SMILES string of the molecule is CN(CCCCCCN(C)C(=O)CC[N+]1(C)CCCCCC1)C(=O)CC[N+]1(C)CCCCCC1. The summed E-state index contributed by atoms with van der Waals surface area (Å²) in [5, 5.41) is 0. The molecule has 0 aromatic rings. The van der Waals surface area contributed by atoms with Gasteiger partial charge in [0.25, 0.3) is 0 Å². The second-order valence-electron chi connectivity index (χ2n) is 12.0. The van der Waals surface area contributed by atoms with E-state index in [-0.39, 0.29) is 0 Å². The van der Waals surface area contributed by atoms with Crippen molar-refractivity contribution in [3.63, 3.8) is 0 Å². The molecule has 2 rings (SSSR count). The molecule has 0 bridgehead atoms. The van der Waals surface area contributed by atoms with Gasteiger partial charge in [-0.15, -0.1) is 0 Å². The molecule has 2 saturated heterocycles. The summed E-state index contributed by atoms with van der Waals surface area (Å²) in [4.78, 5) is 29.0. The van der Waals surface area contributed by atoms with E-state index in [1.807, 2.05) is 23.9 Å². The topological polar surface area (TPSA) is 40.6 Å². The van der Waals surface area contributed by atoms with Gasteiger partial charge in [0.2, 0.25) is 11.8 Å². The minimum Gasteiger partial charge on any atom is -0.346 e. The van der Waals surface area contributed by atoms with Crippen LogP contribution < -0.4 is 0 Å². The van der Waals surface area contributed by atoms with E-state index in [9.17, 15) is 9.59 Å². The first-order valence-corrected chi connectivity index (χ1v) is 14.4. The van der Waals surface area contributed by atoms with Gasteiger partial charge >= 0.3 is 0 Å². The molecule has 198 valence electrons. The second kappa shape index (κ2) is 15.1. The molecule has 2 aliphatic rings. The van der Waals surface area contributed by atoms with Gasteiger partial charge in [0.05, 0.1) is 66.2 Å². The first-order chi connectivity index (χ1) is 16.2. The van der Waals surface area contributed by atoms with Crippen molar-refractivity contribution in [3.05, 3.63) is 0 Å². The van der Waals surface area contributed by atoms with Gasteiger partial charge in [-0.05, 0) is 64.2 Å². The lowest BCUT2D eigenvalue weighted by Gasteiger charge is -2.33. The Kier molecular flexibility index (Phi) is 12.9. The molecule has 0 atom stereocenters. The van der Waals surface area contributed by atoms with Crippen LogP contribution in [0.2, 0.25) is 0 Å². The van der Waals surface area contributed by atoms with Gasteiger partial charge in [0, 0.05) is 27.2 Å². The number of carbonyl (C=O) groups is 2. The number of amides is 2. The van der Waals surface area contributed by atoms with Gasteiger partial charge in [-0.1, -0.05) is 12.8 Å². The highest BCUT2D eigenvalue weighted by Crippen LogP contribution is 2.18. The third-order valence-electron chi connectivity index (χ3n) is 8.61. The monoisotopic (exact) mass is 480 g/mol. The standard InChI is InChI=1S/C28H56N4O2/c1-29(27(33)17-25-31(3)21-13-7-8-14-22-31)19-11-5-6-12-20-30(2)28(34)18-26-32(4)23-15-9-10-16-24-32/h5-26H2,1-4H3/q+2. The summed E-state index contributed by atoms with van der Waals surface area (Å²) >= 11 is 0. The minimum absolute atomic E-state index is 0.301. The second-order valence-corrected chi connectivity index (χ2v) is 12.0. The Morgan fingerprint density at radius 2 is 0.882 bits per heavy atom. The Balaban J connectivity index is 1.52. The maximum Gasteiger partial charge on any atom is 0.227 e. The van der Waals surface area contributed by atoms with Gasteiger partial charge < -0.3 is 18.8 Å². The van der Waals surface area contributed by atoms with Crippen LogP contribution in [0.15, 0.2) is 0 Å². The molecule has 0 spiro atoms. The predicted molar refractivity (Wildman–Crippen MR) is 141 cm³/mol. The van der Waals surface area contributed by atoms with Crippen LogP contribution >= 0.6 is 0 Å². The van der Waals surface area contributed by atoms with Crippen molar-refractivity contribution >= 4 is 11.8 Å². The van der Waals surface area contributed by atoms with Crippen molar-refractivity contribution in [1.29, 1.82) is 0 Å². The predicted octanol–water partition coefficient (Wildman–Crippen LogP) is 4.29. The number of quaternary nitrogens is 2. The van der Waals surface area contributed by atoms with Crippen LogP contribution in [-0.4, -0.2) is 111 Å². The number of likely N-dealkylation sites (tertiary alicyclic amines) is 2. The lowest BCUT2D eigenvalue weighted by molar-refractivity contribution is -0.908. The van der Waals surface area contributed by atoms with Crippen LogP contribution in [0.5, 0.6) is 0 Å². The zero-order valence-corrected chi connectivity index (χ0v) is 23.2. The summed E-state index contributed by atoms with van der Waals surface area (Å²) < 4.78 is 2.15. The first kappa shape index (κ1) is 29.1. The van der Waals surface area contributed by atoms with Gasteiger partial charge in [0.15, 0.2) is 0 Å². The summed E-state index contributed by atoms with van der Waals surface area (Å²) in [6, 6.07) is 0. The summed E-state index contributed by atoms with van der Waals surface area (Å²) in [6.45, 7) is 8.60. The molecule has 2 fully saturated rings. The van der Waals surface area contributed by atoms with E-state index < -0.39 is 0 Å². The van der Waals surface area contributed by atoms with Crippen LogP contribution in [-0.2, 0) is 9.59 Å². The fraction of sp³-hybridized carbons (Fsp3) is 0.929. The van der Waals surface area contributed by atoms with Crippen molar-refractivity contribution in [2.24, 2.45) is 0 Å². The van der Waals surface area contributed by atoms with Crippen LogP contribution in [0.3, 0.4) is 0 Å². The van der Waals surface area contributed by atoms with Crippen LogP contribution in [0.1, 0.15) is 89.9 Å².